The van der Waals surface area contributed by atoms with E-state index >= 15 is 0 Å². The number of rotatable bonds is 7. The first kappa shape index (κ1) is 16.4. The lowest BCUT2D eigenvalue weighted by atomic mass is 10.2. The predicted octanol–water partition coefficient (Wildman–Crippen LogP) is -0.779. The standard InChI is InChI=1S/C12H25N3O3S/c1-15(2)7-4-3-5-14-12(16)9-11-10-19(17,18)8-6-13-11/h11,13H,3-10H2,1-2H3,(H,14,16). The molecule has 0 aromatic rings. The summed E-state index contributed by atoms with van der Waals surface area (Å²) in [6.07, 6.45) is 2.23. The zero-order chi connectivity index (χ0) is 14.3. The molecule has 1 unspecified atom stereocenters. The van der Waals surface area contributed by atoms with Gasteiger partial charge in [-0.1, -0.05) is 0 Å². The van der Waals surface area contributed by atoms with Gasteiger partial charge in [-0.15, -0.1) is 0 Å². The average molecular weight is 291 g/mol. The quantitative estimate of drug-likeness (QED) is 0.602. The zero-order valence-corrected chi connectivity index (χ0v) is 12.6. The van der Waals surface area contributed by atoms with Crippen molar-refractivity contribution >= 4 is 15.7 Å². The molecular formula is C12H25N3O3S. The van der Waals surface area contributed by atoms with Crippen molar-refractivity contribution in [3.63, 3.8) is 0 Å². The summed E-state index contributed by atoms with van der Waals surface area (Å²) in [5.74, 6) is 0.177. The van der Waals surface area contributed by atoms with Crippen molar-refractivity contribution < 1.29 is 13.2 Å². The van der Waals surface area contributed by atoms with Gasteiger partial charge in [0.15, 0.2) is 9.84 Å². The summed E-state index contributed by atoms with van der Waals surface area (Å²) in [6.45, 7) is 2.12. The van der Waals surface area contributed by atoms with E-state index in [0.29, 0.717) is 13.1 Å². The lowest BCUT2D eigenvalue weighted by Crippen LogP contribution is -2.47. The van der Waals surface area contributed by atoms with Crippen LogP contribution in [0.1, 0.15) is 19.3 Å². The molecule has 1 fully saturated rings. The SMILES string of the molecule is CN(C)CCCCNC(=O)CC1CS(=O)(=O)CCN1. The van der Waals surface area contributed by atoms with Gasteiger partial charge < -0.3 is 15.5 Å². The van der Waals surface area contributed by atoms with Gasteiger partial charge in [-0.3, -0.25) is 4.79 Å². The van der Waals surface area contributed by atoms with Gasteiger partial charge in [0, 0.05) is 25.6 Å². The van der Waals surface area contributed by atoms with Crippen LogP contribution in [0.3, 0.4) is 0 Å². The molecule has 19 heavy (non-hydrogen) atoms. The molecule has 0 bridgehead atoms. The van der Waals surface area contributed by atoms with Crippen LogP contribution in [0.15, 0.2) is 0 Å². The van der Waals surface area contributed by atoms with Crippen LogP contribution in [0.5, 0.6) is 0 Å². The third-order valence-electron chi connectivity index (χ3n) is 3.09. The highest BCUT2D eigenvalue weighted by Crippen LogP contribution is 2.04. The molecule has 0 saturated carbocycles. The molecule has 6 nitrogen and oxygen atoms in total. The Labute approximate surface area is 115 Å². The summed E-state index contributed by atoms with van der Waals surface area (Å²) in [5, 5.41) is 5.91. The third kappa shape index (κ3) is 7.49. The van der Waals surface area contributed by atoms with Crippen molar-refractivity contribution in [3.05, 3.63) is 0 Å². The van der Waals surface area contributed by atoms with E-state index in [-0.39, 0.29) is 29.9 Å². The van der Waals surface area contributed by atoms with E-state index in [1.54, 1.807) is 0 Å². The normalized spacial score (nSPS) is 22.4. The number of hydrogen-bond donors (Lipinski definition) is 2. The second-order valence-electron chi connectivity index (χ2n) is 5.33. The molecule has 1 rings (SSSR count). The predicted molar refractivity (Wildman–Crippen MR) is 75.9 cm³/mol. The van der Waals surface area contributed by atoms with Crippen molar-refractivity contribution in [1.82, 2.24) is 15.5 Å². The Hall–Kier alpha value is -0.660. The van der Waals surface area contributed by atoms with Gasteiger partial charge in [-0.2, -0.15) is 0 Å². The second-order valence-corrected chi connectivity index (χ2v) is 7.56. The Bertz CT molecular complexity index is 382. The van der Waals surface area contributed by atoms with Crippen LogP contribution in [0.4, 0.5) is 0 Å². The molecule has 0 aliphatic carbocycles. The molecule has 7 heteroatoms. The number of sulfone groups is 1. The van der Waals surface area contributed by atoms with Gasteiger partial charge in [0.1, 0.15) is 0 Å². The molecule has 1 saturated heterocycles. The molecule has 1 amide bonds. The van der Waals surface area contributed by atoms with E-state index < -0.39 is 9.84 Å². The molecule has 0 radical (unpaired) electrons. The van der Waals surface area contributed by atoms with E-state index in [4.69, 9.17) is 0 Å². The smallest absolute Gasteiger partial charge is 0.221 e. The summed E-state index contributed by atoms with van der Waals surface area (Å²) in [6, 6.07) is -0.236. The first-order chi connectivity index (χ1) is 8.89. The van der Waals surface area contributed by atoms with E-state index in [2.05, 4.69) is 15.5 Å². The summed E-state index contributed by atoms with van der Waals surface area (Å²) >= 11 is 0. The second kappa shape index (κ2) is 7.81. The van der Waals surface area contributed by atoms with E-state index in [0.717, 1.165) is 19.4 Å². The summed E-state index contributed by atoms with van der Waals surface area (Å²) < 4.78 is 22.9. The first-order valence-corrected chi connectivity index (χ1v) is 8.56. The fourth-order valence-corrected chi connectivity index (χ4v) is 3.52. The van der Waals surface area contributed by atoms with Gasteiger partial charge in [-0.05, 0) is 33.5 Å². The number of carbonyl (C=O) groups is 1. The minimum Gasteiger partial charge on any atom is -0.356 e. The zero-order valence-electron chi connectivity index (χ0n) is 11.8. The Balaban J connectivity index is 2.14. The van der Waals surface area contributed by atoms with Gasteiger partial charge in [0.05, 0.1) is 11.5 Å². The van der Waals surface area contributed by atoms with Crippen LogP contribution in [-0.4, -0.2) is 70.5 Å². The van der Waals surface area contributed by atoms with E-state index in [9.17, 15) is 13.2 Å². The molecule has 0 spiro atoms. The van der Waals surface area contributed by atoms with Gasteiger partial charge >= 0.3 is 0 Å². The highest BCUT2D eigenvalue weighted by molar-refractivity contribution is 7.91. The fourth-order valence-electron chi connectivity index (χ4n) is 2.08. The minimum absolute atomic E-state index is 0.0700. The van der Waals surface area contributed by atoms with Crippen LogP contribution < -0.4 is 10.6 Å². The molecule has 112 valence electrons. The highest BCUT2D eigenvalue weighted by Gasteiger charge is 2.25. The molecule has 1 atom stereocenters. The fraction of sp³-hybridized carbons (Fsp3) is 0.917. The van der Waals surface area contributed by atoms with Crippen molar-refractivity contribution in [2.45, 2.75) is 25.3 Å². The first-order valence-electron chi connectivity index (χ1n) is 6.74. The lowest BCUT2D eigenvalue weighted by molar-refractivity contribution is -0.121. The molecule has 1 aliphatic heterocycles. The van der Waals surface area contributed by atoms with E-state index in [1.807, 2.05) is 14.1 Å². The molecule has 0 aromatic heterocycles. The van der Waals surface area contributed by atoms with Crippen LogP contribution in [0, 0.1) is 0 Å². The lowest BCUT2D eigenvalue weighted by Gasteiger charge is -2.23. The summed E-state index contributed by atoms with van der Waals surface area (Å²) in [7, 11) is 1.08. The number of unbranched alkanes of at least 4 members (excludes halogenated alkanes) is 1. The third-order valence-corrected chi connectivity index (χ3v) is 4.82. The summed E-state index contributed by atoms with van der Waals surface area (Å²) in [4.78, 5) is 13.8. The summed E-state index contributed by atoms with van der Waals surface area (Å²) in [5.41, 5.74) is 0. The molecule has 1 heterocycles. The molecule has 0 aromatic carbocycles. The maximum Gasteiger partial charge on any atom is 0.221 e. The monoisotopic (exact) mass is 291 g/mol. The van der Waals surface area contributed by atoms with Gasteiger partial charge in [0.25, 0.3) is 0 Å². The van der Waals surface area contributed by atoms with Crippen molar-refractivity contribution in [3.8, 4) is 0 Å². The molecule has 1 aliphatic rings. The number of nitrogens with one attached hydrogen (secondary N) is 2. The minimum atomic E-state index is -2.96. The van der Waals surface area contributed by atoms with Crippen molar-refractivity contribution in [2.24, 2.45) is 0 Å². The van der Waals surface area contributed by atoms with Crippen molar-refractivity contribution in [2.75, 3.05) is 45.2 Å². The number of amides is 1. The van der Waals surface area contributed by atoms with Crippen LogP contribution in [0.2, 0.25) is 0 Å². The maximum absolute atomic E-state index is 11.7. The largest absolute Gasteiger partial charge is 0.356 e. The van der Waals surface area contributed by atoms with Gasteiger partial charge in [0.2, 0.25) is 5.91 Å². The Kier molecular flexibility index (Phi) is 6.74. The molecular weight excluding hydrogens is 266 g/mol. The van der Waals surface area contributed by atoms with Gasteiger partial charge in [-0.25, -0.2) is 8.42 Å². The Morgan fingerprint density at radius 1 is 1.37 bits per heavy atom. The van der Waals surface area contributed by atoms with Crippen LogP contribution >= 0.6 is 0 Å². The maximum atomic E-state index is 11.7. The van der Waals surface area contributed by atoms with Crippen LogP contribution in [0.25, 0.3) is 0 Å². The highest BCUT2D eigenvalue weighted by atomic mass is 32.2. The molecule has 2 N–H and O–H groups in total. The topological polar surface area (TPSA) is 78.5 Å². The number of carbonyl (C=O) groups excluding carboxylic acids is 1. The average Bonchev–Trinajstić information content (AvgIpc) is 2.26. The van der Waals surface area contributed by atoms with Crippen LogP contribution in [-0.2, 0) is 14.6 Å². The number of hydrogen-bond acceptors (Lipinski definition) is 5. The number of nitrogens with zero attached hydrogens (tertiary/aromatic N) is 1. The van der Waals surface area contributed by atoms with Crippen molar-refractivity contribution in [1.29, 1.82) is 0 Å². The Morgan fingerprint density at radius 2 is 2.11 bits per heavy atom. The Morgan fingerprint density at radius 3 is 2.74 bits per heavy atom. The van der Waals surface area contributed by atoms with E-state index in [1.165, 1.54) is 0 Å².